The van der Waals surface area contributed by atoms with Crippen LogP contribution in [-0.4, -0.2) is 19.2 Å². The summed E-state index contributed by atoms with van der Waals surface area (Å²) in [6.07, 6.45) is 3.37. The molecule has 0 atom stereocenters. The van der Waals surface area contributed by atoms with Crippen LogP contribution in [0.25, 0.3) is 0 Å². The predicted octanol–water partition coefficient (Wildman–Crippen LogP) is 1.23. The zero-order valence-electron chi connectivity index (χ0n) is 8.29. The molecule has 80 valence electrons. The minimum atomic E-state index is -3.09. The van der Waals surface area contributed by atoms with Gasteiger partial charge in [-0.25, -0.2) is 13.1 Å². The molecule has 0 unspecified atom stereocenters. The SMILES string of the molecule is CCCCS(=O)(=O)NCc1ccc[nH]1. The molecule has 1 rings (SSSR count). The van der Waals surface area contributed by atoms with Crippen molar-refractivity contribution in [3.8, 4) is 0 Å². The molecule has 0 radical (unpaired) electrons. The van der Waals surface area contributed by atoms with Crippen LogP contribution in [0.3, 0.4) is 0 Å². The molecular formula is C9H16N2O2S. The lowest BCUT2D eigenvalue weighted by molar-refractivity contribution is 0.577. The highest BCUT2D eigenvalue weighted by Crippen LogP contribution is 1.97. The zero-order valence-corrected chi connectivity index (χ0v) is 9.10. The van der Waals surface area contributed by atoms with Gasteiger partial charge in [0.2, 0.25) is 10.0 Å². The van der Waals surface area contributed by atoms with Crippen molar-refractivity contribution in [3.05, 3.63) is 24.0 Å². The van der Waals surface area contributed by atoms with Gasteiger partial charge in [0.25, 0.3) is 0 Å². The standard InChI is InChI=1S/C9H16N2O2S/c1-2-3-7-14(12,13)11-8-9-5-4-6-10-9/h4-6,10-11H,2-3,7-8H2,1H3. The topological polar surface area (TPSA) is 62.0 Å². The second-order valence-corrected chi connectivity index (χ2v) is 5.12. The van der Waals surface area contributed by atoms with Crippen molar-refractivity contribution in [1.29, 1.82) is 0 Å². The van der Waals surface area contributed by atoms with Crippen molar-refractivity contribution in [2.24, 2.45) is 0 Å². The van der Waals surface area contributed by atoms with Gasteiger partial charge in [-0.05, 0) is 18.6 Å². The van der Waals surface area contributed by atoms with E-state index < -0.39 is 10.0 Å². The van der Waals surface area contributed by atoms with E-state index in [-0.39, 0.29) is 5.75 Å². The monoisotopic (exact) mass is 216 g/mol. The lowest BCUT2D eigenvalue weighted by Gasteiger charge is -2.04. The fourth-order valence-corrected chi connectivity index (χ4v) is 2.26. The van der Waals surface area contributed by atoms with Crippen LogP contribution in [0, 0.1) is 0 Å². The first-order valence-corrected chi connectivity index (χ1v) is 6.39. The van der Waals surface area contributed by atoms with E-state index >= 15 is 0 Å². The first-order valence-electron chi connectivity index (χ1n) is 4.73. The third-order valence-corrected chi connectivity index (χ3v) is 3.32. The molecule has 0 amide bonds. The molecule has 0 fully saturated rings. The van der Waals surface area contributed by atoms with Crippen molar-refractivity contribution in [1.82, 2.24) is 9.71 Å². The predicted molar refractivity (Wildman–Crippen MR) is 56.3 cm³/mol. The third-order valence-electron chi connectivity index (χ3n) is 1.91. The van der Waals surface area contributed by atoms with Crippen molar-refractivity contribution in [3.63, 3.8) is 0 Å². The maximum absolute atomic E-state index is 11.4. The molecule has 2 N–H and O–H groups in total. The van der Waals surface area contributed by atoms with Crippen molar-refractivity contribution in [2.75, 3.05) is 5.75 Å². The molecule has 0 aromatic carbocycles. The van der Waals surface area contributed by atoms with Crippen LogP contribution in [0.1, 0.15) is 25.5 Å². The number of hydrogen-bond donors (Lipinski definition) is 2. The Kier molecular flexibility index (Phi) is 4.16. The van der Waals surface area contributed by atoms with Gasteiger partial charge in [-0.15, -0.1) is 0 Å². The molecule has 14 heavy (non-hydrogen) atoms. The third kappa shape index (κ3) is 3.93. The summed E-state index contributed by atoms with van der Waals surface area (Å²) >= 11 is 0. The summed E-state index contributed by atoms with van der Waals surface area (Å²) in [6, 6.07) is 3.69. The van der Waals surface area contributed by atoms with Gasteiger partial charge in [0.15, 0.2) is 0 Å². The summed E-state index contributed by atoms with van der Waals surface area (Å²) in [5.41, 5.74) is 0.880. The fourth-order valence-electron chi connectivity index (χ4n) is 1.07. The maximum Gasteiger partial charge on any atom is 0.211 e. The average molecular weight is 216 g/mol. The minimum Gasteiger partial charge on any atom is -0.364 e. The zero-order chi connectivity index (χ0) is 10.4. The van der Waals surface area contributed by atoms with Crippen LogP contribution in [0.15, 0.2) is 18.3 Å². The Balaban J connectivity index is 2.37. The fraction of sp³-hybridized carbons (Fsp3) is 0.556. The van der Waals surface area contributed by atoms with E-state index in [2.05, 4.69) is 9.71 Å². The molecule has 1 aromatic rings. The lowest BCUT2D eigenvalue weighted by atomic mass is 10.4. The number of aromatic nitrogens is 1. The second-order valence-electron chi connectivity index (χ2n) is 3.19. The Morgan fingerprint density at radius 1 is 1.50 bits per heavy atom. The molecule has 0 bridgehead atoms. The number of rotatable bonds is 6. The van der Waals surface area contributed by atoms with E-state index in [1.54, 1.807) is 6.20 Å². The smallest absolute Gasteiger partial charge is 0.211 e. The summed E-state index contributed by atoms with van der Waals surface area (Å²) in [5.74, 6) is 0.213. The largest absolute Gasteiger partial charge is 0.364 e. The Bertz CT molecular complexity index is 343. The lowest BCUT2D eigenvalue weighted by Crippen LogP contribution is -2.25. The van der Waals surface area contributed by atoms with Crippen LogP contribution in [0.2, 0.25) is 0 Å². The van der Waals surface area contributed by atoms with Gasteiger partial charge in [0.1, 0.15) is 0 Å². The van der Waals surface area contributed by atoms with Crippen LogP contribution < -0.4 is 4.72 Å². The molecule has 1 heterocycles. The summed E-state index contributed by atoms with van der Waals surface area (Å²) in [6.45, 7) is 2.32. The Morgan fingerprint density at radius 2 is 2.29 bits per heavy atom. The normalized spacial score (nSPS) is 11.8. The van der Waals surface area contributed by atoms with E-state index in [4.69, 9.17) is 0 Å². The molecule has 0 saturated carbocycles. The number of hydrogen-bond acceptors (Lipinski definition) is 2. The van der Waals surface area contributed by atoms with Crippen LogP contribution in [0.4, 0.5) is 0 Å². The Morgan fingerprint density at radius 3 is 2.86 bits per heavy atom. The number of unbranched alkanes of at least 4 members (excludes halogenated alkanes) is 1. The number of H-pyrrole nitrogens is 1. The van der Waals surface area contributed by atoms with E-state index in [0.29, 0.717) is 13.0 Å². The molecule has 5 heteroatoms. The molecular weight excluding hydrogens is 200 g/mol. The molecule has 0 aliphatic carbocycles. The summed E-state index contributed by atoms with van der Waals surface area (Å²) < 4.78 is 25.3. The van der Waals surface area contributed by atoms with E-state index in [1.165, 1.54) is 0 Å². The first-order chi connectivity index (χ1) is 6.64. The summed E-state index contributed by atoms with van der Waals surface area (Å²) in [4.78, 5) is 2.94. The van der Waals surface area contributed by atoms with Crippen molar-refractivity contribution >= 4 is 10.0 Å². The van der Waals surface area contributed by atoms with Crippen LogP contribution >= 0.6 is 0 Å². The van der Waals surface area contributed by atoms with Crippen LogP contribution in [0.5, 0.6) is 0 Å². The van der Waals surface area contributed by atoms with Gasteiger partial charge in [0, 0.05) is 11.9 Å². The Hall–Kier alpha value is -0.810. The molecule has 0 spiro atoms. The highest BCUT2D eigenvalue weighted by Gasteiger charge is 2.08. The highest BCUT2D eigenvalue weighted by molar-refractivity contribution is 7.89. The molecule has 0 saturated heterocycles. The number of sulfonamides is 1. The van der Waals surface area contributed by atoms with Gasteiger partial charge in [-0.2, -0.15) is 0 Å². The van der Waals surface area contributed by atoms with Crippen molar-refractivity contribution in [2.45, 2.75) is 26.3 Å². The van der Waals surface area contributed by atoms with Crippen LogP contribution in [-0.2, 0) is 16.6 Å². The molecule has 1 aromatic heterocycles. The number of nitrogens with one attached hydrogen (secondary N) is 2. The summed E-state index contributed by atoms with van der Waals surface area (Å²) in [5, 5.41) is 0. The van der Waals surface area contributed by atoms with E-state index in [1.807, 2.05) is 19.1 Å². The van der Waals surface area contributed by atoms with Gasteiger partial charge in [-0.1, -0.05) is 13.3 Å². The molecule has 0 aliphatic heterocycles. The first kappa shape index (κ1) is 11.3. The van der Waals surface area contributed by atoms with E-state index in [9.17, 15) is 8.42 Å². The van der Waals surface area contributed by atoms with Gasteiger partial charge < -0.3 is 4.98 Å². The quantitative estimate of drug-likeness (QED) is 0.751. The maximum atomic E-state index is 11.4. The number of aromatic amines is 1. The van der Waals surface area contributed by atoms with Gasteiger partial charge in [-0.3, -0.25) is 0 Å². The second kappa shape index (κ2) is 5.17. The molecule has 4 nitrogen and oxygen atoms in total. The van der Waals surface area contributed by atoms with E-state index in [0.717, 1.165) is 12.1 Å². The van der Waals surface area contributed by atoms with Crippen molar-refractivity contribution < 1.29 is 8.42 Å². The average Bonchev–Trinajstić information content (AvgIpc) is 2.64. The minimum absolute atomic E-state index is 0.213. The highest BCUT2D eigenvalue weighted by atomic mass is 32.2. The van der Waals surface area contributed by atoms with Gasteiger partial charge >= 0.3 is 0 Å². The Labute approximate surface area is 84.8 Å². The van der Waals surface area contributed by atoms with Gasteiger partial charge in [0.05, 0.1) is 12.3 Å². The summed E-state index contributed by atoms with van der Waals surface area (Å²) in [7, 11) is -3.09. The molecule has 0 aliphatic rings.